The van der Waals surface area contributed by atoms with Gasteiger partial charge in [0.15, 0.2) is 0 Å². The van der Waals surface area contributed by atoms with Crippen LogP contribution in [0.1, 0.15) is 26.5 Å². The molecule has 2 N–H and O–H groups in total. The molecule has 2 aromatic carbocycles. The summed E-state index contributed by atoms with van der Waals surface area (Å²) in [5.74, 6) is 0.0687. The summed E-state index contributed by atoms with van der Waals surface area (Å²) in [5.41, 5.74) is 12.5. The largest absolute Gasteiger partial charge is 0.422 e. The number of nitrogens with two attached hydrogens (primary N) is 1. The molecule has 1 aliphatic heterocycles. The molecule has 0 saturated carbocycles. The molecule has 0 aliphatic carbocycles. The van der Waals surface area contributed by atoms with Gasteiger partial charge in [-0.15, -0.1) is 11.3 Å². The first-order valence-electron chi connectivity index (χ1n) is 10.3. The first kappa shape index (κ1) is 19.7. The van der Waals surface area contributed by atoms with E-state index < -0.39 is 5.97 Å². The summed E-state index contributed by atoms with van der Waals surface area (Å²) in [6, 6.07) is 17.7. The number of pyridine rings is 1. The summed E-state index contributed by atoms with van der Waals surface area (Å²) in [5, 5.41) is 0.849. The quantitative estimate of drug-likeness (QED) is 0.364. The standard InChI is InChI=1S/C25H23N3O2S/c1-15-7-6-10-17(13-15)30-25(29)23-22(26)21-20(16-8-4-3-5-9-16)18-14-28(2)12-11-19(18)27-24(21)31-23/h3-10,13H,11-12,14,26H2,1-2H3. The van der Waals surface area contributed by atoms with Crippen molar-refractivity contribution in [2.75, 3.05) is 19.3 Å². The molecular formula is C25H23N3O2S. The number of aromatic nitrogens is 1. The molecule has 2 aromatic heterocycles. The minimum Gasteiger partial charge on any atom is -0.422 e. The summed E-state index contributed by atoms with van der Waals surface area (Å²) in [7, 11) is 2.11. The second-order valence-corrected chi connectivity index (χ2v) is 9.00. The van der Waals surface area contributed by atoms with E-state index in [1.165, 1.54) is 16.9 Å². The van der Waals surface area contributed by atoms with Crippen LogP contribution in [0.5, 0.6) is 5.75 Å². The molecule has 0 amide bonds. The number of benzene rings is 2. The van der Waals surface area contributed by atoms with E-state index in [2.05, 4.69) is 24.1 Å². The number of nitrogens with zero attached hydrogens (tertiary/aromatic N) is 2. The number of hydrogen-bond donors (Lipinski definition) is 1. The van der Waals surface area contributed by atoms with Gasteiger partial charge in [0.1, 0.15) is 15.5 Å². The minimum atomic E-state index is -0.444. The smallest absolute Gasteiger partial charge is 0.355 e. The number of rotatable bonds is 3. The molecule has 0 fully saturated rings. The zero-order valence-corrected chi connectivity index (χ0v) is 18.3. The van der Waals surface area contributed by atoms with Crippen molar-refractivity contribution in [3.8, 4) is 16.9 Å². The van der Waals surface area contributed by atoms with Crippen molar-refractivity contribution in [3.05, 3.63) is 76.3 Å². The Labute approximate surface area is 185 Å². The fraction of sp³-hybridized carbons (Fsp3) is 0.200. The van der Waals surface area contributed by atoms with Gasteiger partial charge in [0.05, 0.1) is 5.69 Å². The normalized spacial score (nSPS) is 13.9. The van der Waals surface area contributed by atoms with Gasteiger partial charge in [0, 0.05) is 36.2 Å². The van der Waals surface area contributed by atoms with Gasteiger partial charge in [-0.3, -0.25) is 0 Å². The maximum absolute atomic E-state index is 13.0. The van der Waals surface area contributed by atoms with E-state index >= 15 is 0 Å². The van der Waals surface area contributed by atoms with Crippen molar-refractivity contribution < 1.29 is 9.53 Å². The summed E-state index contributed by atoms with van der Waals surface area (Å²) in [6.07, 6.45) is 0.877. The van der Waals surface area contributed by atoms with E-state index in [1.54, 1.807) is 6.07 Å². The molecule has 4 aromatic rings. The summed E-state index contributed by atoms with van der Waals surface area (Å²) < 4.78 is 5.64. The molecule has 5 nitrogen and oxygen atoms in total. The fourth-order valence-electron chi connectivity index (χ4n) is 4.17. The van der Waals surface area contributed by atoms with Crippen molar-refractivity contribution >= 4 is 33.2 Å². The molecule has 5 rings (SSSR count). The zero-order valence-electron chi connectivity index (χ0n) is 17.5. The van der Waals surface area contributed by atoms with Crippen LogP contribution in [-0.2, 0) is 13.0 Å². The fourth-order valence-corrected chi connectivity index (χ4v) is 5.17. The third-order valence-corrected chi connectivity index (χ3v) is 6.75. The molecule has 0 bridgehead atoms. The second kappa shape index (κ2) is 7.80. The highest BCUT2D eigenvalue weighted by molar-refractivity contribution is 7.21. The number of aryl methyl sites for hydroxylation is 1. The average molecular weight is 430 g/mol. The number of anilines is 1. The van der Waals surface area contributed by atoms with E-state index in [4.69, 9.17) is 15.5 Å². The predicted molar refractivity (Wildman–Crippen MR) is 126 cm³/mol. The topological polar surface area (TPSA) is 68.4 Å². The van der Waals surface area contributed by atoms with Crippen LogP contribution in [0.3, 0.4) is 0 Å². The summed E-state index contributed by atoms with van der Waals surface area (Å²) in [4.78, 5) is 21.4. The number of nitrogen functional groups attached to an aromatic ring is 1. The lowest BCUT2D eigenvalue weighted by atomic mass is 9.92. The average Bonchev–Trinajstić information content (AvgIpc) is 3.09. The van der Waals surface area contributed by atoms with E-state index in [0.717, 1.165) is 52.1 Å². The number of fused-ring (bicyclic) bond motifs is 2. The summed E-state index contributed by atoms with van der Waals surface area (Å²) >= 11 is 1.31. The molecular weight excluding hydrogens is 406 g/mol. The van der Waals surface area contributed by atoms with Crippen LogP contribution >= 0.6 is 11.3 Å². The molecule has 0 saturated heterocycles. The van der Waals surface area contributed by atoms with Crippen molar-refractivity contribution in [1.29, 1.82) is 0 Å². The lowest BCUT2D eigenvalue weighted by Gasteiger charge is -2.27. The number of esters is 1. The Morgan fingerprint density at radius 1 is 1.16 bits per heavy atom. The number of carbonyl (C=O) groups excluding carboxylic acids is 1. The molecule has 156 valence electrons. The molecule has 6 heteroatoms. The van der Waals surface area contributed by atoms with E-state index in [9.17, 15) is 4.79 Å². The third-order valence-electron chi connectivity index (χ3n) is 5.67. The zero-order chi connectivity index (χ0) is 21.5. The molecule has 0 atom stereocenters. The SMILES string of the molecule is Cc1cccc(OC(=O)c2sc3nc4c(c(-c5ccccc5)c3c2N)CN(C)CC4)c1. The lowest BCUT2D eigenvalue weighted by Crippen LogP contribution is -2.27. The number of likely N-dealkylation sites (N-methyl/N-ethyl adjacent to an activating group) is 1. The highest BCUT2D eigenvalue weighted by Crippen LogP contribution is 2.43. The van der Waals surface area contributed by atoms with Gasteiger partial charge in [-0.1, -0.05) is 42.5 Å². The number of carbonyl (C=O) groups is 1. The Hall–Kier alpha value is -3.22. The summed E-state index contributed by atoms with van der Waals surface area (Å²) in [6.45, 7) is 3.73. The Bertz CT molecular complexity index is 1300. The van der Waals surface area contributed by atoms with Gasteiger partial charge in [-0.05, 0) is 42.8 Å². The number of ether oxygens (including phenoxy) is 1. The predicted octanol–water partition coefficient (Wildman–Crippen LogP) is 5.06. The van der Waals surface area contributed by atoms with Crippen LogP contribution in [0.25, 0.3) is 21.3 Å². The molecule has 0 unspecified atom stereocenters. The van der Waals surface area contributed by atoms with Crippen molar-refractivity contribution in [2.24, 2.45) is 0 Å². The van der Waals surface area contributed by atoms with Crippen molar-refractivity contribution in [3.63, 3.8) is 0 Å². The minimum absolute atomic E-state index is 0.400. The Morgan fingerprint density at radius 2 is 1.97 bits per heavy atom. The van der Waals surface area contributed by atoms with E-state index in [0.29, 0.717) is 16.3 Å². The number of hydrogen-bond acceptors (Lipinski definition) is 6. The van der Waals surface area contributed by atoms with Crippen molar-refractivity contribution in [1.82, 2.24) is 9.88 Å². The second-order valence-electron chi connectivity index (χ2n) is 8.00. The van der Waals surface area contributed by atoms with Crippen molar-refractivity contribution in [2.45, 2.75) is 19.9 Å². The van der Waals surface area contributed by atoms with Crippen LogP contribution in [0.2, 0.25) is 0 Å². The first-order chi connectivity index (χ1) is 15.0. The van der Waals surface area contributed by atoms with Crippen LogP contribution in [-0.4, -0.2) is 29.4 Å². The highest BCUT2D eigenvalue weighted by atomic mass is 32.1. The third kappa shape index (κ3) is 3.58. The van der Waals surface area contributed by atoms with E-state index in [1.807, 2.05) is 43.3 Å². The molecule has 3 heterocycles. The van der Waals surface area contributed by atoms with E-state index in [-0.39, 0.29) is 0 Å². The highest BCUT2D eigenvalue weighted by Gasteiger charge is 2.27. The van der Waals surface area contributed by atoms with Gasteiger partial charge in [0.2, 0.25) is 0 Å². The number of thiophene rings is 1. The first-order valence-corrected chi connectivity index (χ1v) is 11.1. The van der Waals surface area contributed by atoms with Crippen LogP contribution < -0.4 is 10.5 Å². The molecule has 0 spiro atoms. The Balaban J connectivity index is 1.68. The van der Waals surface area contributed by atoms with Crippen LogP contribution in [0.15, 0.2) is 54.6 Å². The van der Waals surface area contributed by atoms with Gasteiger partial charge < -0.3 is 15.4 Å². The molecule has 0 radical (unpaired) electrons. The Kier molecular flexibility index (Phi) is 4.96. The van der Waals surface area contributed by atoms with Gasteiger partial charge in [-0.2, -0.15) is 0 Å². The molecule has 31 heavy (non-hydrogen) atoms. The van der Waals surface area contributed by atoms with Gasteiger partial charge in [0.25, 0.3) is 0 Å². The monoisotopic (exact) mass is 429 g/mol. The van der Waals surface area contributed by atoms with Gasteiger partial charge in [-0.25, -0.2) is 9.78 Å². The lowest BCUT2D eigenvalue weighted by molar-refractivity contribution is 0.0741. The van der Waals surface area contributed by atoms with Crippen LogP contribution in [0, 0.1) is 6.92 Å². The van der Waals surface area contributed by atoms with Gasteiger partial charge >= 0.3 is 5.97 Å². The molecule has 1 aliphatic rings. The Morgan fingerprint density at radius 3 is 2.74 bits per heavy atom. The van der Waals surface area contributed by atoms with Crippen LogP contribution in [0.4, 0.5) is 5.69 Å². The maximum atomic E-state index is 13.0. The maximum Gasteiger partial charge on any atom is 0.355 e.